The average molecular weight is 344 g/mol. The number of hydrogen-bond donors (Lipinski definition) is 2. The van der Waals surface area contributed by atoms with E-state index in [1.54, 1.807) is 0 Å². The summed E-state index contributed by atoms with van der Waals surface area (Å²) in [7, 11) is 0. The van der Waals surface area contributed by atoms with Gasteiger partial charge < -0.3 is 10.8 Å². The Morgan fingerprint density at radius 2 is 1.21 bits per heavy atom. The highest BCUT2D eigenvalue weighted by Gasteiger charge is 2.22. The molecule has 0 aliphatic rings. The van der Waals surface area contributed by atoms with Crippen LogP contribution >= 0.6 is 0 Å². The third-order valence-corrected chi connectivity index (χ3v) is 4.83. The highest BCUT2D eigenvalue weighted by Crippen LogP contribution is 2.24. The van der Waals surface area contributed by atoms with Crippen molar-refractivity contribution in [2.24, 2.45) is 11.7 Å². The van der Waals surface area contributed by atoms with Crippen LogP contribution in [0.15, 0.2) is 0 Å². The summed E-state index contributed by atoms with van der Waals surface area (Å²) < 4.78 is 0. The Labute approximate surface area is 151 Å². The minimum atomic E-state index is -0.643. The van der Waals surface area contributed by atoms with Gasteiger partial charge in [0.05, 0.1) is 5.92 Å². The summed E-state index contributed by atoms with van der Waals surface area (Å²) >= 11 is 0. The summed E-state index contributed by atoms with van der Waals surface area (Å²) in [6.07, 6.45) is 15.1. The number of hydrogen-bond acceptors (Lipinski definition) is 2. The van der Waals surface area contributed by atoms with Crippen molar-refractivity contribution in [2.75, 3.05) is 0 Å². The molecule has 1 atom stereocenters. The zero-order chi connectivity index (χ0) is 18.8. The van der Waals surface area contributed by atoms with Crippen molar-refractivity contribution < 1.29 is 9.90 Å². The maximum absolute atomic E-state index is 10.4. The SMILES string of the molecule is CCCCC(CC)C(=O)O.CCCCC(N)(CCCC)CCCC. The standard InChI is InChI=1S/C13H29N.C8H16O2/c1-4-7-10-13(14,11-8-5-2)12-9-6-3;1-3-5-6-7(4-2)8(9)10/h4-12,14H2,1-3H3;7H,3-6H2,1-2H3,(H,9,10). The van der Waals surface area contributed by atoms with Crippen molar-refractivity contribution in [2.45, 2.75) is 124 Å². The third kappa shape index (κ3) is 15.0. The first-order chi connectivity index (χ1) is 11.4. The van der Waals surface area contributed by atoms with Gasteiger partial charge in [-0.25, -0.2) is 0 Å². The van der Waals surface area contributed by atoms with Crippen molar-refractivity contribution in [1.29, 1.82) is 0 Å². The molecule has 0 fully saturated rings. The van der Waals surface area contributed by atoms with Crippen LogP contribution < -0.4 is 5.73 Å². The Hall–Kier alpha value is -0.570. The summed E-state index contributed by atoms with van der Waals surface area (Å²) in [4.78, 5) is 10.4. The van der Waals surface area contributed by atoms with E-state index in [0.29, 0.717) is 0 Å². The Kier molecular flexibility index (Phi) is 18.5. The lowest BCUT2D eigenvalue weighted by atomic mass is 9.84. The van der Waals surface area contributed by atoms with Crippen LogP contribution in [0.25, 0.3) is 0 Å². The smallest absolute Gasteiger partial charge is 0.306 e. The van der Waals surface area contributed by atoms with E-state index in [1.165, 1.54) is 57.8 Å². The van der Waals surface area contributed by atoms with Gasteiger partial charge in [0.15, 0.2) is 0 Å². The van der Waals surface area contributed by atoms with Crippen LogP contribution in [0.5, 0.6) is 0 Å². The number of unbranched alkanes of at least 4 members (excludes halogenated alkanes) is 4. The molecule has 3 N–H and O–H groups in total. The molecule has 0 aliphatic carbocycles. The molecule has 0 radical (unpaired) electrons. The third-order valence-electron chi connectivity index (χ3n) is 4.83. The first-order valence-corrected chi connectivity index (χ1v) is 10.4. The van der Waals surface area contributed by atoms with Crippen LogP contribution in [0.1, 0.15) is 118 Å². The molecule has 146 valence electrons. The fraction of sp³-hybridized carbons (Fsp3) is 0.952. The van der Waals surface area contributed by atoms with Gasteiger partial charge in [0.2, 0.25) is 0 Å². The van der Waals surface area contributed by atoms with Crippen LogP contribution in [-0.2, 0) is 4.79 Å². The molecule has 0 aliphatic heterocycles. The van der Waals surface area contributed by atoms with Gasteiger partial charge in [-0.15, -0.1) is 0 Å². The van der Waals surface area contributed by atoms with Gasteiger partial charge >= 0.3 is 5.97 Å². The van der Waals surface area contributed by atoms with Crippen molar-refractivity contribution in [3.8, 4) is 0 Å². The van der Waals surface area contributed by atoms with E-state index in [-0.39, 0.29) is 11.5 Å². The van der Waals surface area contributed by atoms with E-state index in [0.717, 1.165) is 25.7 Å². The molecule has 0 heterocycles. The largest absolute Gasteiger partial charge is 0.481 e. The molecular weight excluding hydrogens is 298 g/mol. The number of rotatable bonds is 14. The van der Waals surface area contributed by atoms with Gasteiger partial charge in [0.1, 0.15) is 0 Å². The number of carboxylic acid groups (broad SMARTS) is 1. The van der Waals surface area contributed by atoms with E-state index < -0.39 is 5.97 Å². The minimum Gasteiger partial charge on any atom is -0.481 e. The predicted octanol–water partition coefficient (Wildman–Crippen LogP) is 6.54. The molecular formula is C21H45NO2. The van der Waals surface area contributed by atoms with Gasteiger partial charge in [0, 0.05) is 5.54 Å². The number of carbonyl (C=O) groups is 1. The summed E-state index contributed by atoms with van der Waals surface area (Å²) in [5.74, 6) is -0.754. The second-order valence-electron chi connectivity index (χ2n) is 7.26. The predicted molar refractivity (Wildman–Crippen MR) is 106 cm³/mol. The van der Waals surface area contributed by atoms with Gasteiger partial charge in [-0.1, -0.05) is 86.0 Å². The molecule has 0 aromatic carbocycles. The molecule has 3 heteroatoms. The van der Waals surface area contributed by atoms with E-state index in [9.17, 15) is 4.79 Å². The maximum atomic E-state index is 10.4. The van der Waals surface area contributed by atoms with Crippen LogP contribution in [0.3, 0.4) is 0 Å². The molecule has 0 saturated carbocycles. The van der Waals surface area contributed by atoms with Gasteiger partial charge in [0.25, 0.3) is 0 Å². The molecule has 0 spiro atoms. The molecule has 3 nitrogen and oxygen atoms in total. The van der Waals surface area contributed by atoms with Crippen molar-refractivity contribution in [1.82, 2.24) is 0 Å². The molecule has 0 saturated heterocycles. The molecule has 0 bridgehead atoms. The molecule has 1 unspecified atom stereocenters. The minimum absolute atomic E-state index is 0.111. The number of aliphatic carboxylic acids is 1. The Morgan fingerprint density at radius 3 is 1.46 bits per heavy atom. The van der Waals surface area contributed by atoms with Crippen LogP contribution in [0, 0.1) is 5.92 Å². The quantitative estimate of drug-likeness (QED) is 0.376. The fourth-order valence-corrected chi connectivity index (χ4v) is 2.91. The maximum Gasteiger partial charge on any atom is 0.306 e. The molecule has 0 amide bonds. The van der Waals surface area contributed by atoms with Gasteiger partial charge in [-0.2, -0.15) is 0 Å². The molecule has 0 aromatic rings. The molecule has 0 aromatic heterocycles. The summed E-state index contributed by atoms with van der Waals surface area (Å²) in [6.45, 7) is 10.8. The van der Waals surface area contributed by atoms with Crippen LogP contribution in [0.4, 0.5) is 0 Å². The zero-order valence-electron chi connectivity index (χ0n) is 17.2. The molecule has 24 heavy (non-hydrogen) atoms. The monoisotopic (exact) mass is 343 g/mol. The molecule has 0 rings (SSSR count). The lowest BCUT2D eigenvalue weighted by molar-refractivity contribution is -0.142. The normalized spacial score (nSPS) is 12.4. The van der Waals surface area contributed by atoms with Crippen molar-refractivity contribution >= 4 is 5.97 Å². The second-order valence-corrected chi connectivity index (χ2v) is 7.26. The van der Waals surface area contributed by atoms with Crippen molar-refractivity contribution in [3.05, 3.63) is 0 Å². The lowest BCUT2D eigenvalue weighted by Gasteiger charge is -2.29. The summed E-state index contributed by atoms with van der Waals surface area (Å²) in [6, 6.07) is 0. The van der Waals surface area contributed by atoms with E-state index >= 15 is 0 Å². The van der Waals surface area contributed by atoms with E-state index in [4.69, 9.17) is 10.8 Å². The lowest BCUT2D eigenvalue weighted by Crippen LogP contribution is -2.39. The fourth-order valence-electron chi connectivity index (χ4n) is 2.91. The highest BCUT2D eigenvalue weighted by molar-refractivity contribution is 5.69. The van der Waals surface area contributed by atoms with Crippen LogP contribution in [-0.4, -0.2) is 16.6 Å². The van der Waals surface area contributed by atoms with Gasteiger partial charge in [-0.05, 0) is 32.1 Å². The highest BCUT2D eigenvalue weighted by atomic mass is 16.4. The summed E-state index contributed by atoms with van der Waals surface area (Å²) in [5, 5.41) is 8.60. The van der Waals surface area contributed by atoms with Crippen LogP contribution in [0.2, 0.25) is 0 Å². The Morgan fingerprint density at radius 1 is 0.833 bits per heavy atom. The van der Waals surface area contributed by atoms with E-state index in [2.05, 4.69) is 27.7 Å². The zero-order valence-corrected chi connectivity index (χ0v) is 17.2. The van der Waals surface area contributed by atoms with Gasteiger partial charge in [-0.3, -0.25) is 4.79 Å². The first-order valence-electron chi connectivity index (χ1n) is 10.4. The summed E-state index contributed by atoms with van der Waals surface area (Å²) in [5.41, 5.74) is 6.61. The second kappa shape index (κ2) is 17.3. The topological polar surface area (TPSA) is 63.3 Å². The van der Waals surface area contributed by atoms with Crippen molar-refractivity contribution in [3.63, 3.8) is 0 Å². The average Bonchev–Trinajstić information content (AvgIpc) is 2.57. The number of nitrogens with two attached hydrogens (primary N) is 1. The Bertz CT molecular complexity index is 257. The number of carboxylic acids is 1. The van der Waals surface area contributed by atoms with E-state index in [1.807, 2.05) is 6.92 Å². The Balaban J connectivity index is 0. The first kappa shape index (κ1) is 25.7.